The molecule has 0 saturated heterocycles. The van der Waals surface area contributed by atoms with Crippen LogP contribution in [-0.4, -0.2) is 31.4 Å². The number of esters is 1. The molecule has 1 aliphatic rings. The number of hydrogen-bond donors (Lipinski definition) is 0. The van der Waals surface area contributed by atoms with Crippen molar-refractivity contribution >= 4 is 39.9 Å². The first-order valence-electron chi connectivity index (χ1n) is 16.6. The molecule has 1 aliphatic heterocycles. The van der Waals surface area contributed by atoms with Gasteiger partial charge in [-0.1, -0.05) is 96.3 Å². The number of rotatable bonds is 10. The molecule has 0 radical (unpaired) electrons. The second-order valence-electron chi connectivity index (χ2n) is 11.8. The van der Waals surface area contributed by atoms with Crippen LogP contribution in [0.3, 0.4) is 0 Å². The Balaban J connectivity index is 1.41. The molecule has 0 unspecified atom stereocenters. The number of methoxy groups -OCH3 is 2. The van der Waals surface area contributed by atoms with Gasteiger partial charge in [0.1, 0.15) is 18.4 Å². The smallest absolute Gasteiger partial charge is 0.338 e. The number of fused-ring (bicyclic) bond motifs is 2. The van der Waals surface area contributed by atoms with Crippen LogP contribution in [-0.2, 0) is 16.1 Å². The molecule has 52 heavy (non-hydrogen) atoms. The number of aromatic nitrogens is 1. The molecule has 0 spiro atoms. The van der Waals surface area contributed by atoms with Crippen LogP contribution in [0.25, 0.3) is 22.5 Å². The highest BCUT2D eigenvalue weighted by molar-refractivity contribution is 7.07. The summed E-state index contributed by atoms with van der Waals surface area (Å²) in [7, 11) is 3.12. The predicted octanol–water partition coefficient (Wildman–Crippen LogP) is 6.56. The molecular formula is C42H33N3O6S. The van der Waals surface area contributed by atoms with Crippen LogP contribution in [0.15, 0.2) is 125 Å². The maximum Gasteiger partial charge on any atom is 0.338 e. The zero-order chi connectivity index (χ0) is 36.2. The molecule has 5 aromatic carbocycles. The van der Waals surface area contributed by atoms with Crippen molar-refractivity contribution in [2.45, 2.75) is 19.6 Å². The Morgan fingerprint density at radius 2 is 1.63 bits per heavy atom. The van der Waals surface area contributed by atoms with Crippen molar-refractivity contribution in [1.29, 1.82) is 5.26 Å². The molecule has 2 heterocycles. The molecule has 0 amide bonds. The Bertz CT molecular complexity index is 2580. The lowest BCUT2D eigenvalue weighted by molar-refractivity contribution is -0.138. The predicted molar refractivity (Wildman–Crippen MR) is 200 cm³/mol. The van der Waals surface area contributed by atoms with E-state index in [2.05, 4.69) is 6.07 Å². The molecule has 0 aliphatic carbocycles. The molecule has 1 aromatic heterocycles. The van der Waals surface area contributed by atoms with E-state index in [1.165, 1.54) is 11.3 Å². The number of thiazole rings is 1. The van der Waals surface area contributed by atoms with Gasteiger partial charge in [0, 0.05) is 16.7 Å². The van der Waals surface area contributed by atoms with Gasteiger partial charge >= 0.3 is 5.97 Å². The van der Waals surface area contributed by atoms with E-state index in [1.807, 2.05) is 91.0 Å². The number of carbonyl (C=O) groups is 1. The Morgan fingerprint density at radius 1 is 0.904 bits per heavy atom. The van der Waals surface area contributed by atoms with Gasteiger partial charge in [-0.05, 0) is 53.6 Å². The van der Waals surface area contributed by atoms with Crippen LogP contribution in [0.2, 0.25) is 0 Å². The van der Waals surface area contributed by atoms with Crippen molar-refractivity contribution in [2.24, 2.45) is 4.99 Å². The number of nitriles is 1. The lowest BCUT2D eigenvalue weighted by atomic mass is 9.89. The monoisotopic (exact) mass is 707 g/mol. The Labute approximate surface area is 303 Å². The van der Waals surface area contributed by atoms with E-state index in [-0.39, 0.29) is 24.3 Å². The van der Waals surface area contributed by atoms with Gasteiger partial charge in [-0.2, -0.15) is 5.26 Å². The van der Waals surface area contributed by atoms with Crippen molar-refractivity contribution in [3.63, 3.8) is 0 Å². The summed E-state index contributed by atoms with van der Waals surface area (Å²) in [6.07, 6.45) is 1.77. The van der Waals surface area contributed by atoms with Crippen molar-refractivity contribution in [1.82, 2.24) is 4.57 Å². The summed E-state index contributed by atoms with van der Waals surface area (Å²) in [4.78, 5) is 34.1. The quantitative estimate of drug-likeness (QED) is 0.148. The maximum absolute atomic E-state index is 14.6. The third-order valence-electron chi connectivity index (χ3n) is 8.80. The number of benzene rings is 5. The van der Waals surface area contributed by atoms with Crippen LogP contribution in [0, 0.1) is 11.3 Å². The third kappa shape index (κ3) is 6.34. The van der Waals surface area contributed by atoms with E-state index in [4.69, 9.17) is 23.9 Å². The number of nitrogens with zero attached hydrogens (tertiary/aromatic N) is 3. The molecular weight excluding hydrogens is 675 g/mol. The maximum atomic E-state index is 14.6. The zero-order valence-electron chi connectivity index (χ0n) is 28.7. The first kappa shape index (κ1) is 34.0. The fourth-order valence-electron chi connectivity index (χ4n) is 6.40. The minimum Gasteiger partial charge on any atom is -0.496 e. The number of hydrogen-bond acceptors (Lipinski definition) is 9. The highest BCUT2D eigenvalue weighted by Gasteiger charge is 2.37. The molecule has 0 bridgehead atoms. The fourth-order valence-corrected chi connectivity index (χ4v) is 7.41. The molecule has 0 N–H and O–H groups in total. The van der Waals surface area contributed by atoms with Crippen LogP contribution in [0.4, 0.5) is 0 Å². The highest BCUT2D eigenvalue weighted by atomic mass is 32.1. The van der Waals surface area contributed by atoms with Crippen LogP contribution < -0.4 is 29.1 Å². The van der Waals surface area contributed by atoms with Gasteiger partial charge in [0.25, 0.3) is 5.56 Å². The van der Waals surface area contributed by atoms with Gasteiger partial charge in [0.15, 0.2) is 16.3 Å². The normalized spacial score (nSPS) is 14.0. The lowest BCUT2D eigenvalue weighted by Gasteiger charge is -2.28. The molecule has 6 aromatic rings. The average Bonchev–Trinajstić information content (AvgIpc) is 3.50. The van der Waals surface area contributed by atoms with Crippen molar-refractivity contribution in [3.8, 4) is 23.3 Å². The van der Waals surface area contributed by atoms with E-state index in [1.54, 1.807) is 50.0 Å². The minimum absolute atomic E-state index is 0.139. The van der Waals surface area contributed by atoms with Gasteiger partial charge in [-0.15, -0.1) is 0 Å². The fraction of sp³-hybridized carbons (Fsp3) is 0.143. The summed E-state index contributed by atoms with van der Waals surface area (Å²) in [6, 6.07) is 35.0. The molecule has 1 atom stereocenters. The molecule has 9 nitrogen and oxygen atoms in total. The number of carbonyl (C=O) groups excluding carboxylic acids is 1. The van der Waals surface area contributed by atoms with E-state index in [0.29, 0.717) is 54.5 Å². The summed E-state index contributed by atoms with van der Waals surface area (Å²) in [5, 5.41) is 11.2. The van der Waals surface area contributed by atoms with Crippen molar-refractivity contribution in [3.05, 3.63) is 162 Å². The lowest BCUT2D eigenvalue weighted by Crippen LogP contribution is -2.40. The SMILES string of the molecule is CCOC(=O)C1=C(c2ccccc2)N=c2sc(=Cc3ccc(OCc4ccccc4C#N)c(OC)c3)c(=O)n2[C@H]1c1c(OC)ccc2ccccc12. The molecule has 0 fully saturated rings. The molecule has 258 valence electrons. The Hall–Kier alpha value is -6.44. The number of ether oxygens (including phenoxy) is 4. The summed E-state index contributed by atoms with van der Waals surface area (Å²) in [5.74, 6) is 0.901. The molecule has 10 heteroatoms. The van der Waals surface area contributed by atoms with Crippen molar-refractivity contribution in [2.75, 3.05) is 20.8 Å². The van der Waals surface area contributed by atoms with Gasteiger partial charge in [-0.25, -0.2) is 9.79 Å². The summed E-state index contributed by atoms with van der Waals surface area (Å²) >= 11 is 1.23. The summed E-state index contributed by atoms with van der Waals surface area (Å²) < 4.78 is 25.3. The molecule has 0 saturated carbocycles. The topological polar surface area (TPSA) is 112 Å². The van der Waals surface area contributed by atoms with Gasteiger partial charge in [-0.3, -0.25) is 9.36 Å². The van der Waals surface area contributed by atoms with Crippen LogP contribution >= 0.6 is 11.3 Å². The summed E-state index contributed by atoms with van der Waals surface area (Å²) in [5.41, 5.74) is 3.69. The van der Waals surface area contributed by atoms with E-state index >= 15 is 0 Å². The Kier molecular flexibility index (Phi) is 9.69. The minimum atomic E-state index is -0.921. The summed E-state index contributed by atoms with van der Waals surface area (Å²) in [6.45, 7) is 2.07. The second kappa shape index (κ2) is 14.8. The van der Waals surface area contributed by atoms with Gasteiger partial charge < -0.3 is 18.9 Å². The third-order valence-corrected chi connectivity index (χ3v) is 9.79. The van der Waals surface area contributed by atoms with Gasteiger partial charge in [0.2, 0.25) is 0 Å². The van der Waals surface area contributed by atoms with Crippen LogP contribution in [0.5, 0.6) is 17.2 Å². The zero-order valence-corrected chi connectivity index (χ0v) is 29.5. The van der Waals surface area contributed by atoms with Crippen LogP contribution in [0.1, 0.15) is 40.8 Å². The average molecular weight is 708 g/mol. The standard InChI is InChI=1S/C42H33N3O6S/c1-4-50-41(47)37-38(28-13-6-5-7-14-28)44-42-45(39(37)36-31-17-11-10-12-27(31)19-21-33(36)48-2)40(46)35(52-42)23-26-18-20-32(34(22-26)49-3)51-25-30-16-9-8-15-29(30)24-43/h5-23,39H,4,25H2,1-3H3/t39-/m0/s1. The first-order valence-corrected chi connectivity index (χ1v) is 17.4. The largest absolute Gasteiger partial charge is 0.496 e. The first-order chi connectivity index (χ1) is 25.4. The van der Waals surface area contributed by atoms with E-state index in [0.717, 1.165) is 16.3 Å². The van der Waals surface area contributed by atoms with Crippen molar-refractivity contribution < 1.29 is 23.7 Å². The van der Waals surface area contributed by atoms with E-state index in [9.17, 15) is 14.9 Å². The van der Waals surface area contributed by atoms with E-state index < -0.39 is 12.0 Å². The molecule has 7 rings (SSSR count). The Morgan fingerprint density at radius 3 is 2.40 bits per heavy atom. The highest BCUT2D eigenvalue weighted by Crippen LogP contribution is 2.42. The van der Waals surface area contributed by atoms with Gasteiger partial charge in [0.05, 0.1) is 48.3 Å². The second-order valence-corrected chi connectivity index (χ2v) is 12.8.